The third kappa shape index (κ3) is 3.17. The summed E-state index contributed by atoms with van der Waals surface area (Å²) in [5, 5.41) is 0. The van der Waals surface area contributed by atoms with Crippen LogP contribution in [-0.2, 0) is 29.5 Å². The van der Waals surface area contributed by atoms with Gasteiger partial charge in [-0.25, -0.2) is 14.6 Å². The zero-order valence-electron chi connectivity index (χ0n) is 13.1. The number of methoxy groups -OCH3 is 1. The minimum Gasteiger partial charge on any atom is -0.463 e. The van der Waals surface area contributed by atoms with Gasteiger partial charge in [-0.2, -0.15) is 0 Å². The monoisotopic (exact) mass is 295 g/mol. The van der Waals surface area contributed by atoms with Crippen LogP contribution in [0.5, 0.6) is 0 Å². The second-order valence-corrected chi connectivity index (χ2v) is 6.03. The second kappa shape index (κ2) is 5.38. The molecule has 0 unspecified atom stereocenters. The Labute approximate surface area is 123 Å². The normalized spacial score (nSPS) is 14.6. The van der Waals surface area contributed by atoms with E-state index in [4.69, 9.17) is 9.47 Å². The molecule has 7 heteroatoms. The van der Waals surface area contributed by atoms with E-state index in [1.54, 1.807) is 16.5 Å². The molecule has 0 spiro atoms. The third-order valence-corrected chi connectivity index (χ3v) is 3.28. The first kappa shape index (κ1) is 15.3. The molecule has 0 aromatic carbocycles. The van der Waals surface area contributed by atoms with E-state index in [1.807, 2.05) is 20.8 Å². The van der Waals surface area contributed by atoms with Crippen LogP contribution in [0.25, 0.3) is 0 Å². The quantitative estimate of drug-likeness (QED) is 0.734. The maximum Gasteiger partial charge on any atom is 0.410 e. The van der Waals surface area contributed by atoms with Crippen LogP contribution in [0.15, 0.2) is 0 Å². The number of carbonyl (C=O) groups excluding carboxylic acids is 2. The first-order valence-electron chi connectivity index (χ1n) is 6.83. The van der Waals surface area contributed by atoms with E-state index in [-0.39, 0.29) is 11.9 Å². The van der Waals surface area contributed by atoms with Gasteiger partial charge in [0.2, 0.25) is 5.82 Å². The van der Waals surface area contributed by atoms with Gasteiger partial charge in [-0.05, 0) is 20.8 Å². The van der Waals surface area contributed by atoms with Crippen molar-refractivity contribution in [2.24, 2.45) is 7.05 Å². The van der Waals surface area contributed by atoms with E-state index >= 15 is 0 Å². The lowest BCUT2D eigenvalue weighted by molar-refractivity contribution is 0.0219. The number of imidazole rings is 1. The Kier molecular flexibility index (Phi) is 3.93. The maximum absolute atomic E-state index is 12.1. The number of fused-ring (bicyclic) bond motifs is 1. The zero-order chi connectivity index (χ0) is 15.8. The van der Waals surface area contributed by atoms with Gasteiger partial charge >= 0.3 is 12.1 Å². The first-order valence-corrected chi connectivity index (χ1v) is 6.83. The molecule has 0 aliphatic carbocycles. The molecule has 1 amide bonds. The maximum atomic E-state index is 12.1. The number of nitrogens with zero attached hydrogens (tertiary/aromatic N) is 3. The highest BCUT2D eigenvalue weighted by molar-refractivity contribution is 5.85. The predicted octanol–water partition coefficient (Wildman–Crippen LogP) is 1.50. The van der Waals surface area contributed by atoms with Crippen molar-refractivity contribution < 1.29 is 19.1 Å². The van der Waals surface area contributed by atoms with Crippen molar-refractivity contribution in [1.29, 1.82) is 0 Å². The highest BCUT2D eigenvalue weighted by atomic mass is 16.6. The van der Waals surface area contributed by atoms with E-state index in [0.717, 1.165) is 11.4 Å². The number of ether oxygens (including phenoxy) is 2. The van der Waals surface area contributed by atoms with Crippen LogP contribution in [0.1, 0.15) is 42.8 Å². The van der Waals surface area contributed by atoms with E-state index in [1.165, 1.54) is 7.11 Å². The van der Waals surface area contributed by atoms with Crippen LogP contribution in [0.3, 0.4) is 0 Å². The fraction of sp³-hybridized carbons (Fsp3) is 0.643. The molecule has 0 saturated heterocycles. The molecule has 21 heavy (non-hydrogen) atoms. The highest BCUT2D eigenvalue weighted by Crippen LogP contribution is 2.21. The molecule has 1 aliphatic rings. The lowest BCUT2D eigenvalue weighted by atomic mass is 10.1. The molecule has 0 bridgehead atoms. The molecular formula is C14H21N3O4. The third-order valence-electron chi connectivity index (χ3n) is 3.28. The van der Waals surface area contributed by atoms with Crippen LogP contribution in [0, 0.1) is 0 Å². The van der Waals surface area contributed by atoms with Crippen LogP contribution < -0.4 is 0 Å². The molecule has 2 rings (SSSR count). The van der Waals surface area contributed by atoms with Gasteiger partial charge in [0.25, 0.3) is 0 Å². The molecule has 0 fully saturated rings. The molecule has 116 valence electrons. The van der Waals surface area contributed by atoms with Gasteiger partial charge in [-0.3, -0.25) is 0 Å². The summed E-state index contributed by atoms with van der Waals surface area (Å²) < 4.78 is 11.8. The average molecular weight is 295 g/mol. The molecule has 1 aliphatic heterocycles. The second-order valence-electron chi connectivity index (χ2n) is 6.03. The lowest BCUT2D eigenvalue weighted by Crippen LogP contribution is -2.40. The van der Waals surface area contributed by atoms with Gasteiger partial charge in [-0.15, -0.1) is 0 Å². The van der Waals surface area contributed by atoms with Gasteiger partial charge in [-0.1, -0.05) is 0 Å². The smallest absolute Gasteiger partial charge is 0.410 e. The Morgan fingerprint density at radius 3 is 2.52 bits per heavy atom. The predicted molar refractivity (Wildman–Crippen MR) is 74.9 cm³/mol. The van der Waals surface area contributed by atoms with Gasteiger partial charge < -0.3 is 18.9 Å². The van der Waals surface area contributed by atoms with Crippen molar-refractivity contribution in [1.82, 2.24) is 14.5 Å². The SMILES string of the molecule is COC(=O)c1nc2c(n1C)CN(C(=O)OC(C)(C)C)CC2. The van der Waals surface area contributed by atoms with Crippen molar-refractivity contribution in [2.75, 3.05) is 13.7 Å². The minimum absolute atomic E-state index is 0.258. The molecule has 0 N–H and O–H groups in total. The lowest BCUT2D eigenvalue weighted by Gasteiger charge is -2.30. The average Bonchev–Trinajstić information content (AvgIpc) is 2.73. The number of hydrogen-bond donors (Lipinski definition) is 0. The first-order chi connectivity index (χ1) is 9.73. The Morgan fingerprint density at radius 2 is 1.95 bits per heavy atom. The molecule has 0 atom stereocenters. The summed E-state index contributed by atoms with van der Waals surface area (Å²) in [7, 11) is 3.07. The van der Waals surface area contributed by atoms with E-state index < -0.39 is 11.6 Å². The van der Waals surface area contributed by atoms with Crippen molar-refractivity contribution in [3.05, 3.63) is 17.2 Å². The summed E-state index contributed by atoms with van der Waals surface area (Å²) in [6, 6.07) is 0. The number of amides is 1. The Balaban J connectivity index is 2.19. The van der Waals surface area contributed by atoms with Gasteiger partial charge in [0.05, 0.1) is 25.0 Å². The van der Waals surface area contributed by atoms with Crippen LogP contribution in [0.2, 0.25) is 0 Å². The summed E-state index contributed by atoms with van der Waals surface area (Å²) >= 11 is 0. The van der Waals surface area contributed by atoms with Crippen molar-refractivity contribution in [3.8, 4) is 0 Å². The number of rotatable bonds is 1. The summed E-state index contributed by atoms with van der Waals surface area (Å²) in [5.74, 6) is -0.218. The van der Waals surface area contributed by atoms with Crippen LogP contribution in [0.4, 0.5) is 4.79 Å². The topological polar surface area (TPSA) is 73.7 Å². The molecule has 1 aromatic rings. The summed E-state index contributed by atoms with van der Waals surface area (Å²) in [4.78, 5) is 29.7. The molecular weight excluding hydrogens is 274 g/mol. The molecule has 2 heterocycles. The molecule has 1 aromatic heterocycles. The van der Waals surface area contributed by atoms with Gasteiger partial charge in [0, 0.05) is 20.0 Å². The van der Waals surface area contributed by atoms with Gasteiger partial charge in [0.15, 0.2) is 0 Å². The van der Waals surface area contributed by atoms with Crippen LogP contribution >= 0.6 is 0 Å². The highest BCUT2D eigenvalue weighted by Gasteiger charge is 2.30. The molecule has 0 saturated carbocycles. The number of hydrogen-bond acceptors (Lipinski definition) is 5. The minimum atomic E-state index is -0.527. The largest absolute Gasteiger partial charge is 0.463 e. The Bertz CT molecular complexity index is 572. The fourth-order valence-corrected chi connectivity index (χ4v) is 2.24. The van der Waals surface area contributed by atoms with E-state index in [9.17, 15) is 9.59 Å². The fourth-order valence-electron chi connectivity index (χ4n) is 2.24. The number of aromatic nitrogens is 2. The van der Waals surface area contributed by atoms with E-state index in [2.05, 4.69) is 4.98 Å². The Morgan fingerprint density at radius 1 is 1.29 bits per heavy atom. The number of carbonyl (C=O) groups is 2. The van der Waals surface area contributed by atoms with Crippen molar-refractivity contribution in [3.63, 3.8) is 0 Å². The summed E-state index contributed by atoms with van der Waals surface area (Å²) in [6.07, 6.45) is 0.244. The molecule has 0 radical (unpaired) electrons. The van der Waals surface area contributed by atoms with Crippen molar-refractivity contribution in [2.45, 2.75) is 39.3 Å². The Hall–Kier alpha value is -2.05. The van der Waals surface area contributed by atoms with Crippen LogP contribution in [-0.4, -0.2) is 45.8 Å². The van der Waals surface area contributed by atoms with E-state index in [0.29, 0.717) is 19.5 Å². The van der Waals surface area contributed by atoms with Crippen molar-refractivity contribution >= 4 is 12.1 Å². The summed E-state index contributed by atoms with van der Waals surface area (Å²) in [5.41, 5.74) is 1.14. The standard InChI is InChI=1S/C14H21N3O4/c1-14(2,3)21-13(19)17-7-6-9-10(8-17)16(4)11(15-9)12(18)20-5/h6-8H2,1-5H3. The summed E-state index contributed by atoms with van der Waals surface area (Å²) in [6.45, 7) is 6.41. The van der Waals surface area contributed by atoms with Gasteiger partial charge in [0.1, 0.15) is 5.60 Å². The number of esters is 1. The zero-order valence-corrected chi connectivity index (χ0v) is 13.1. The molecule has 7 nitrogen and oxygen atoms in total.